The molecule has 18 heavy (non-hydrogen) atoms. The molecule has 0 saturated carbocycles. The van der Waals surface area contributed by atoms with Crippen molar-refractivity contribution in [1.29, 1.82) is 0 Å². The van der Waals surface area contributed by atoms with Crippen LogP contribution in [0.1, 0.15) is 20.8 Å². The smallest absolute Gasteiger partial charge is 0.160 e. The number of allylic oxidation sites excluding steroid dienone is 5. The van der Waals surface area contributed by atoms with Gasteiger partial charge in [0.1, 0.15) is 0 Å². The van der Waals surface area contributed by atoms with Gasteiger partial charge in [0, 0.05) is 23.9 Å². The van der Waals surface area contributed by atoms with Gasteiger partial charge in [-0.15, -0.1) is 0 Å². The summed E-state index contributed by atoms with van der Waals surface area (Å²) >= 11 is 3.35. The molecule has 0 unspecified atom stereocenters. The molecule has 0 spiro atoms. The highest BCUT2D eigenvalue weighted by atomic mass is 79.9. The number of carbonyl (C=O) groups excluding carboxylic acids is 1. The third-order valence-corrected chi connectivity index (χ3v) is 2.77. The summed E-state index contributed by atoms with van der Waals surface area (Å²) in [6, 6.07) is 0. The molecule has 0 rings (SSSR count). The van der Waals surface area contributed by atoms with E-state index < -0.39 is 0 Å². The molecule has 98 valence electrons. The maximum Gasteiger partial charge on any atom is 0.160 e. The van der Waals surface area contributed by atoms with E-state index in [1.807, 2.05) is 19.9 Å². The lowest BCUT2D eigenvalue weighted by Gasteiger charge is -2.08. The molecule has 0 aliphatic carbocycles. The van der Waals surface area contributed by atoms with Crippen LogP contribution in [0.15, 0.2) is 51.1 Å². The normalized spacial score (nSPS) is 14.7. The number of Topliss-reactive ketones (excluding diaryl/α,β-unsaturated/α-hetero) is 1. The quantitative estimate of drug-likeness (QED) is 0.465. The van der Waals surface area contributed by atoms with Crippen molar-refractivity contribution in [1.82, 2.24) is 0 Å². The summed E-state index contributed by atoms with van der Waals surface area (Å²) in [7, 11) is 0. The molecule has 0 atom stereocenters. The van der Waals surface area contributed by atoms with E-state index in [4.69, 9.17) is 5.73 Å². The van der Waals surface area contributed by atoms with E-state index in [0.29, 0.717) is 27.9 Å². The van der Waals surface area contributed by atoms with Gasteiger partial charge in [0.05, 0.1) is 10.2 Å². The topological polar surface area (TPSA) is 55.5 Å². The lowest BCUT2D eigenvalue weighted by atomic mass is 10.0. The molecule has 0 aliphatic heterocycles. The van der Waals surface area contributed by atoms with Crippen molar-refractivity contribution in [2.75, 3.05) is 6.54 Å². The Morgan fingerprint density at radius 2 is 2.06 bits per heavy atom. The maximum atomic E-state index is 11.5. The second-order valence-corrected chi connectivity index (χ2v) is 4.33. The number of rotatable bonds is 6. The number of aliphatic imine (C=N–C) groups is 1. The van der Waals surface area contributed by atoms with Gasteiger partial charge in [-0.25, -0.2) is 0 Å². The average Bonchev–Trinajstić information content (AvgIpc) is 2.34. The van der Waals surface area contributed by atoms with Gasteiger partial charge in [0.2, 0.25) is 0 Å². The lowest BCUT2D eigenvalue weighted by molar-refractivity contribution is -0.113. The van der Waals surface area contributed by atoms with Crippen LogP contribution in [0, 0.1) is 0 Å². The lowest BCUT2D eigenvalue weighted by Crippen LogP contribution is -2.08. The number of hydrogen-bond donors (Lipinski definition) is 1. The Morgan fingerprint density at radius 3 is 2.44 bits per heavy atom. The molecule has 0 radical (unpaired) electrons. The Morgan fingerprint density at radius 1 is 1.44 bits per heavy atom. The highest BCUT2D eigenvalue weighted by Crippen LogP contribution is 2.20. The van der Waals surface area contributed by atoms with E-state index in [0.717, 1.165) is 0 Å². The zero-order valence-corrected chi connectivity index (χ0v) is 12.6. The predicted octanol–water partition coefficient (Wildman–Crippen LogP) is 3.29. The first-order chi connectivity index (χ1) is 8.49. The zero-order chi connectivity index (χ0) is 14.1. The third-order valence-electron chi connectivity index (χ3n) is 2.14. The standard InChI is InChI=1S/C14H19BrN2O/c1-5-8-12(11(6-2)10(4)18)14(16)13(15)9-17-7-3/h5-6,8-9H,2,7,16H2,1,3-4H3/b8-5+,12-11-,14-13+,17-9-. The van der Waals surface area contributed by atoms with Gasteiger partial charge in [0.25, 0.3) is 0 Å². The van der Waals surface area contributed by atoms with Gasteiger partial charge in [-0.2, -0.15) is 0 Å². The third kappa shape index (κ3) is 4.84. The minimum Gasteiger partial charge on any atom is -0.397 e. The van der Waals surface area contributed by atoms with E-state index in [1.54, 1.807) is 12.3 Å². The van der Waals surface area contributed by atoms with Gasteiger partial charge in [-0.05, 0) is 36.7 Å². The maximum absolute atomic E-state index is 11.5. The van der Waals surface area contributed by atoms with E-state index in [1.165, 1.54) is 13.0 Å². The largest absolute Gasteiger partial charge is 0.397 e. The second-order valence-electron chi connectivity index (χ2n) is 3.48. The Bertz CT molecular complexity index is 443. The first kappa shape index (κ1) is 16.6. The number of carbonyl (C=O) groups is 1. The fraction of sp³-hybridized carbons (Fsp3) is 0.286. The van der Waals surface area contributed by atoms with Crippen LogP contribution >= 0.6 is 15.9 Å². The van der Waals surface area contributed by atoms with Crippen molar-refractivity contribution in [2.24, 2.45) is 10.7 Å². The second kappa shape index (κ2) is 8.64. The molecule has 0 heterocycles. The molecule has 0 amide bonds. The van der Waals surface area contributed by atoms with Crippen LogP contribution in [0.4, 0.5) is 0 Å². The number of ketones is 1. The minimum atomic E-state index is -0.0752. The van der Waals surface area contributed by atoms with Crippen molar-refractivity contribution in [3.05, 3.63) is 46.1 Å². The van der Waals surface area contributed by atoms with Crippen LogP contribution in [0.25, 0.3) is 0 Å². The first-order valence-electron chi connectivity index (χ1n) is 5.65. The molecule has 3 nitrogen and oxygen atoms in total. The average molecular weight is 311 g/mol. The van der Waals surface area contributed by atoms with Gasteiger partial charge in [-0.3, -0.25) is 9.79 Å². The number of nitrogens with two attached hydrogens (primary N) is 1. The van der Waals surface area contributed by atoms with Crippen molar-refractivity contribution < 1.29 is 4.79 Å². The van der Waals surface area contributed by atoms with E-state index in [9.17, 15) is 4.79 Å². The molecule has 0 aromatic rings. The molecule has 4 heteroatoms. The summed E-state index contributed by atoms with van der Waals surface area (Å²) in [6.07, 6.45) is 6.77. The molecule has 0 aliphatic rings. The molecule has 0 aromatic carbocycles. The van der Waals surface area contributed by atoms with Crippen LogP contribution in [-0.2, 0) is 4.79 Å². The Labute approximate surface area is 117 Å². The molecule has 0 bridgehead atoms. The SMILES string of the molecule is C=C/C(C(C)=O)=C(\C=C\C)C(/N)=C(Br)/C=N\CC. The minimum absolute atomic E-state index is 0.0752. The fourth-order valence-corrected chi connectivity index (χ4v) is 1.66. The van der Waals surface area contributed by atoms with Gasteiger partial charge < -0.3 is 5.73 Å². The monoisotopic (exact) mass is 310 g/mol. The number of nitrogens with zero attached hydrogens (tertiary/aromatic N) is 1. The predicted molar refractivity (Wildman–Crippen MR) is 81.9 cm³/mol. The molecule has 2 N–H and O–H groups in total. The molecule has 0 fully saturated rings. The summed E-state index contributed by atoms with van der Waals surface area (Å²) in [5.74, 6) is -0.0752. The fourth-order valence-electron chi connectivity index (χ4n) is 1.30. The Kier molecular flexibility index (Phi) is 7.96. The number of halogens is 1. The Balaban J connectivity index is 5.85. The van der Waals surface area contributed by atoms with Crippen LogP contribution < -0.4 is 5.73 Å². The van der Waals surface area contributed by atoms with Crippen molar-refractivity contribution in [3.63, 3.8) is 0 Å². The van der Waals surface area contributed by atoms with Gasteiger partial charge in [-0.1, -0.05) is 24.8 Å². The van der Waals surface area contributed by atoms with E-state index in [2.05, 4.69) is 27.5 Å². The summed E-state index contributed by atoms with van der Waals surface area (Å²) in [6.45, 7) is 9.60. The summed E-state index contributed by atoms with van der Waals surface area (Å²) < 4.78 is 0.651. The summed E-state index contributed by atoms with van der Waals surface area (Å²) in [4.78, 5) is 15.6. The van der Waals surface area contributed by atoms with Crippen LogP contribution in [-0.4, -0.2) is 18.5 Å². The van der Waals surface area contributed by atoms with Crippen LogP contribution in [0.2, 0.25) is 0 Å². The van der Waals surface area contributed by atoms with Crippen molar-refractivity contribution in [3.8, 4) is 0 Å². The van der Waals surface area contributed by atoms with Crippen LogP contribution in [0.5, 0.6) is 0 Å². The molecule has 0 saturated heterocycles. The first-order valence-corrected chi connectivity index (χ1v) is 6.44. The number of hydrogen-bond acceptors (Lipinski definition) is 3. The highest BCUT2D eigenvalue weighted by molar-refractivity contribution is 9.12. The van der Waals surface area contributed by atoms with Crippen LogP contribution in [0.3, 0.4) is 0 Å². The summed E-state index contributed by atoms with van der Waals surface area (Å²) in [5.41, 5.74) is 7.64. The van der Waals surface area contributed by atoms with Crippen molar-refractivity contribution >= 4 is 27.9 Å². The van der Waals surface area contributed by atoms with E-state index >= 15 is 0 Å². The highest BCUT2D eigenvalue weighted by Gasteiger charge is 2.10. The Hall–Kier alpha value is -1.42. The molecular weight excluding hydrogens is 292 g/mol. The van der Waals surface area contributed by atoms with E-state index in [-0.39, 0.29) is 5.78 Å². The van der Waals surface area contributed by atoms with Crippen molar-refractivity contribution in [2.45, 2.75) is 20.8 Å². The van der Waals surface area contributed by atoms with Gasteiger partial charge in [0.15, 0.2) is 5.78 Å². The molecular formula is C14H19BrN2O. The zero-order valence-electron chi connectivity index (χ0n) is 11.0. The molecule has 0 aromatic heterocycles. The van der Waals surface area contributed by atoms with Gasteiger partial charge >= 0.3 is 0 Å². The summed E-state index contributed by atoms with van der Waals surface area (Å²) in [5, 5.41) is 0.